The topological polar surface area (TPSA) is 78.4 Å². The summed E-state index contributed by atoms with van der Waals surface area (Å²) in [6.45, 7) is 1.88. The lowest BCUT2D eigenvalue weighted by molar-refractivity contribution is -0.119. The summed E-state index contributed by atoms with van der Waals surface area (Å²) in [5.74, 6) is -0.306. The molecule has 2 atom stereocenters. The first-order chi connectivity index (χ1) is 11.0. The Bertz CT molecular complexity index is 741. The molecule has 1 aromatic heterocycles. The lowest BCUT2D eigenvalue weighted by Gasteiger charge is -2.17. The van der Waals surface area contributed by atoms with Crippen LogP contribution in [-0.4, -0.2) is 23.0 Å². The van der Waals surface area contributed by atoms with Crippen molar-refractivity contribution in [3.8, 4) is 0 Å². The van der Waals surface area contributed by atoms with Gasteiger partial charge in [-0.2, -0.15) is 0 Å². The van der Waals surface area contributed by atoms with E-state index >= 15 is 0 Å². The predicted octanol–water partition coefficient (Wildman–Crippen LogP) is 1.77. The van der Waals surface area contributed by atoms with Crippen molar-refractivity contribution in [1.29, 1.82) is 0 Å². The second-order valence-corrected chi connectivity index (χ2v) is 6.77. The Hall–Kier alpha value is -2.18. The van der Waals surface area contributed by atoms with Crippen molar-refractivity contribution >= 4 is 23.2 Å². The van der Waals surface area contributed by atoms with Crippen LogP contribution in [0.3, 0.4) is 0 Å². The normalized spacial score (nSPS) is 19.2. The van der Waals surface area contributed by atoms with Gasteiger partial charge < -0.3 is 15.7 Å². The van der Waals surface area contributed by atoms with Crippen LogP contribution in [-0.2, 0) is 17.8 Å². The summed E-state index contributed by atoms with van der Waals surface area (Å²) in [5, 5.41) is 15.8. The largest absolute Gasteiger partial charge is 0.390 e. The van der Waals surface area contributed by atoms with Crippen LogP contribution in [0.4, 0.5) is 0 Å². The summed E-state index contributed by atoms with van der Waals surface area (Å²) in [4.78, 5) is 24.8. The number of benzene rings is 1. The number of fused-ring (bicyclic) bond motifs is 1. The van der Waals surface area contributed by atoms with Crippen LogP contribution in [0, 0.1) is 0 Å². The second kappa shape index (κ2) is 6.52. The Kier molecular flexibility index (Phi) is 4.45. The first kappa shape index (κ1) is 15.7. The summed E-state index contributed by atoms with van der Waals surface area (Å²) >= 11 is 1.34. The van der Waals surface area contributed by atoms with Gasteiger partial charge in [-0.3, -0.25) is 9.59 Å². The average Bonchev–Trinajstić information content (AvgIpc) is 3.11. The van der Waals surface area contributed by atoms with Crippen LogP contribution in [0.2, 0.25) is 0 Å². The molecule has 0 fully saturated rings. The van der Waals surface area contributed by atoms with Gasteiger partial charge in [-0.15, -0.1) is 11.3 Å². The minimum Gasteiger partial charge on any atom is -0.390 e. The molecule has 5 nitrogen and oxygen atoms in total. The maximum absolute atomic E-state index is 12.4. The zero-order valence-electron chi connectivity index (χ0n) is 12.7. The molecule has 1 heterocycles. The van der Waals surface area contributed by atoms with Crippen LogP contribution in [0.25, 0.3) is 0 Å². The maximum atomic E-state index is 12.4. The first-order valence-corrected chi connectivity index (χ1v) is 8.26. The maximum Gasteiger partial charge on any atom is 0.261 e. The van der Waals surface area contributed by atoms with Crippen molar-refractivity contribution in [3.63, 3.8) is 0 Å². The van der Waals surface area contributed by atoms with E-state index in [1.165, 1.54) is 18.3 Å². The number of carbonyl (C=O) groups is 2. The fraction of sp³-hybridized carbons (Fsp3) is 0.294. The average molecular weight is 330 g/mol. The molecular formula is C17H18N2O3S. The van der Waals surface area contributed by atoms with E-state index < -0.39 is 6.10 Å². The molecular weight excluding hydrogens is 312 g/mol. The minimum absolute atomic E-state index is 0.102. The Morgan fingerprint density at radius 1 is 1.26 bits per heavy atom. The van der Waals surface area contributed by atoms with E-state index in [1.807, 2.05) is 30.3 Å². The van der Waals surface area contributed by atoms with Crippen molar-refractivity contribution in [1.82, 2.24) is 10.6 Å². The number of thiophene rings is 1. The van der Waals surface area contributed by atoms with Crippen molar-refractivity contribution in [2.45, 2.75) is 32.0 Å². The van der Waals surface area contributed by atoms with Gasteiger partial charge in [0, 0.05) is 18.2 Å². The molecule has 0 saturated carbocycles. The summed E-state index contributed by atoms with van der Waals surface area (Å²) in [6.07, 6.45) is -0.0468. The highest BCUT2D eigenvalue weighted by Crippen LogP contribution is 2.31. The number of hydrogen-bond acceptors (Lipinski definition) is 4. The smallest absolute Gasteiger partial charge is 0.261 e. The third-order valence-corrected chi connectivity index (χ3v) is 4.97. The molecule has 120 valence electrons. The molecule has 2 unspecified atom stereocenters. The number of carbonyl (C=O) groups excluding carboxylic acids is 2. The highest BCUT2D eigenvalue weighted by atomic mass is 32.1. The summed E-state index contributed by atoms with van der Waals surface area (Å²) < 4.78 is 0. The number of hydrogen-bond donors (Lipinski definition) is 3. The Morgan fingerprint density at radius 3 is 2.83 bits per heavy atom. The van der Waals surface area contributed by atoms with Gasteiger partial charge in [-0.05, 0) is 23.3 Å². The molecule has 0 spiro atoms. The van der Waals surface area contributed by atoms with E-state index in [-0.39, 0.29) is 17.9 Å². The lowest BCUT2D eigenvalue weighted by atomic mass is 10.1. The fourth-order valence-corrected chi connectivity index (χ4v) is 3.62. The van der Waals surface area contributed by atoms with Crippen molar-refractivity contribution in [3.05, 3.63) is 57.3 Å². The SMILES string of the molecule is CC(=O)NCc1ccc(C(=O)NC2c3ccccc3CC2O)s1. The van der Waals surface area contributed by atoms with Crippen LogP contribution in [0.5, 0.6) is 0 Å². The van der Waals surface area contributed by atoms with E-state index in [9.17, 15) is 14.7 Å². The minimum atomic E-state index is -0.602. The number of nitrogens with one attached hydrogen (secondary N) is 2. The van der Waals surface area contributed by atoms with Gasteiger partial charge in [-0.25, -0.2) is 0 Å². The van der Waals surface area contributed by atoms with Gasteiger partial charge in [0.1, 0.15) is 0 Å². The second-order valence-electron chi connectivity index (χ2n) is 5.60. The third kappa shape index (κ3) is 3.43. The number of rotatable bonds is 4. The van der Waals surface area contributed by atoms with E-state index in [0.717, 1.165) is 16.0 Å². The molecule has 2 aromatic rings. The number of aliphatic hydroxyl groups is 1. The first-order valence-electron chi connectivity index (χ1n) is 7.44. The molecule has 1 aromatic carbocycles. The van der Waals surface area contributed by atoms with Gasteiger partial charge in [0.25, 0.3) is 5.91 Å². The van der Waals surface area contributed by atoms with Gasteiger partial charge in [0.05, 0.1) is 23.6 Å². The monoisotopic (exact) mass is 330 g/mol. The summed E-state index contributed by atoms with van der Waals surface area (Å²) in [7, 11) is 0. The van der Waals surface area contributed by atoms with E-state index in [0.29, 0.717) is 17.8 Å². The standard InChI is InChI=1S/C17H18N2O3S/c1-10(20)18-9-12-6-7-15(23-12)17(22)19-16-13-5-3-2-4-11(13)8-14(16)21/h2-7,14,16,21H,8-9H2,1H3,(H,18,20)(H,19,22). The van der Waals surface area contributed by atoms with Gasteiger partial charge >= 0.3 is 0 Å². The van der Waals surface area contributed by atoms with Gasteiger partial charge in [0.15, 0.2) is 0 Å². The fourth-order valence-electron chi connectivity index (χ4n) is 2.77. The molecule has 6 heteroatoms. The third-order valence-electron chi connectivity index (χ3n) is 3.89. The number of amides is 2. The van der Waals surface area contributed by atoms with Gasteiger partial charge in [-0.1, -0.05) is 24.3 Å². The predicted molar refractivity (Wildman–Crippen MR) is 88.2 cm³/mol. The molecule has 1 aliphatic rings. The van der Waals surface area contributed by atoms with E-state index in [1.54, 1.807) is 6.07 Å². The quantitative estimate of drug-likeness (QED) is 0.799. The lowest BCUT2D eigenvalue weighted by Crippen LogP contribution is -2.33. The van der Waals surface area contributed by atoms with E-state index in [4.69, 9.17) is 0 Å². The van der Waals surface area contributed by atoms with Crippen LogP contribution in [0.15, 0.2) is 36.4 Å². The zero-order chi connectivity index (χ0) is 16.4. The molecule has 23 heavy (non-hydrogen) atoms. The molecule has 0 saturated heterocycles. The highest BCUT2D eigenvalue weighted by molar-refractivity contribution is 7.14. The van der Waals surface area contributed by atoms with E-state index in [2.05, 4.69) is 10.6 Å². The van der Waals surface area contributed by atoms with Crippen molar-refractivity contribution in [2.24, 2.45) is 0 Å². The molecule has 3 N–H and O–H groups in total. The molecule has 0 bridgehead atoms. The zero-order valence-corrected chi connectivity index (χ0v) is 13.5. The molecule has 3 rings (SSSR count). The summed E-state index contributed by atoms with van der Waals surface area (Å²) in [5.41, 5.74) is 2.05. The Morgan fingerprint density at radius 2 is 2.04 bits per heavy atom. The Labute approximate surface area is 138 Å². The van der Waals surface area contributed by atoms with Crippen LogP contribution < -0.4 is 10.6 Å². The molecule has 2 amide bonds. The molecule has 0 radical (unpaired) electrons. The van der Waals surface area contributed by atoms with Crippen LogP contribution >= 0.6 is 11.3 Å². The van der Waals surface area contributed by atoms with Crippen molar-refractivity contribution < 1.29 is 14.7 Å². The number of aliphatic hydroxyl groups excluding tert-OH is 1. The highest BCUT2D eigenvalue weighted by Gasteiger charge is 2.32. The summed E-state index contributed by atoms with van der Waals surface area (Å²) in [6, 6.07) is 10.9. The Balaban J connectivity index is 1.69. The van der Waals surface area contributed by atoms with Gasteiger partial charge in [0.2, 0.25) is 5.91 Å². The molecule has 0 aliphatic heterocycles. The van der Waals surface area contributed by atoms with Crippen LogP contribution in [0.1, 0.15) is 38.6 Å². The molecule has 1 aliphatic carbocycles. The van der Waals surface area contributed by atoms with Crippen molar-refractivity contribution in [2.75, 3.05) is 0 Å².